The minimum Gasteiger partial charge on any atom is -0.485 e. The topological polar surface area (TPSA) is 62.2 Å². The fourth-order valence-electron chi connectivity index (χ4n) is 3.68. The Bertz CT molecular complexity index is 790. The van der Waals surface area contributed by atoms with E-state index in [1.165, 1.54) is 0 Å². The van der Waals surface area contributed by atoms with E-state index in [9.17, 15) is 9.90 Å². The van der Waals surface area contributed by atoms with Gasteiger partial charge in [0.25, 0.3) is 5.91 Å². The molecule has 6 nitrogen and oxygen atoms in total. The molecule has 1 N–H and O–H groups in total. The average Bonchev–Trinajstić information content (AvgIpc) is 2.77. The molecule has 1 fully saturated rings. The van der Waals surface area contributed by atoms with Crippen LogP contribution in [0.15, 0.2) is 54.6 Å². The van der Waals surface area contributed by atoms with Crippen LogP contribution < -0.4 is 9.47 Å². The van der Waals surface area contributed by atoms with Crippen LogP contribution in [0, 0.1) is 0 Å². The first-order chi connectivity index (χ1) is 13.7. The van der Waals surface area contributed by atoms with Gasteiger partial charge in [0.05, 0.1) is 6.10 Å². The summed E-state index contributed by atoms with van der Waals surface area (Å²) in [6, 6.07) is 17.2. The van der Waals surface area contributed by atoms with E-state index in [4.69, 9.17) is 9.47 Å². The average molecular weight is 382 g/mol. The Hall–Kier alpha value is -2.57. The van der Waals surface area contributed by atoms with Crippen molar-refractivity contribution in [1.29, 1.82) is 0 Å². The van der Waals surface area contributed by atoms with Crippen LogP contribution in [0.25, 0.3) is 0 Å². The Labute approximate surface area is 165 Å². The number of amides is 1. The summed E-state index contributed by atoms with van der Waals surface area (Å²) in [5, 5.41) is 10.3. The Morgan fingerprint density at radius 1 is 1.00 bits per heavy atom. The third-order valence-corrected chi connectivity index (χ3v) is 5.37. The summed E-state index contributed by atoms with van der Waals surface area (Å²) >= 11 is 0. The van der Waals surface area contributed by atoms with E-state index in [1.54, 1.807) is 0 Å². The molecule has 2 atom stereocenters. The second-order valence-electron chi connectivity index (χ2n) is 7.25. The number of nitrogens with zero attached hydrogens (tertiary/aromatic N) is 2. The summed E-state index contributed by atoms with van der Waals surface area (Å²) in [6.07, 6.45) is -0.344. The first-order valence-corrected chi connectivity index (χ1v) is 9.83. The highest BCUT2D eigenvalue weighted by molar-refractivity contribution is 5.82. The number of carbonyl (C=O) groups excluding carboxylic acids is 1. The number of rotatable bonds is 5. The normalized spacial score (nSPS) is 20.6. The molecule has 2 aromatic carbocycles. The summed E-state index contributed by atoms with van der Waals surface area (Å²) in [4.78, 5) is 16.9. The second kappa shape index (κ2) is 8.63. The summed E-state index contributed by atoms with van der Waals surface area (Å²) < 4.78 is 11.5. The van der Waals surface area contributed by atoms with Crippen molar-refractivity contribution in [2.24, 2.45) is 0 Å². The van der Waals surface area contributed by atoms with Crippen molar-refractivity contribution in [2.75, 3.05) is 39.3 Å². The zero-order chi connectivity index (χ0) is 19.3. The molecule has 0 spiro atoms. The van der Waals surface area contributed by atoms with Gasteiger partial charge in [0, 0.05) is 32.7 Å². The van der Waals surface area contributed by atoms with Crippen LogP contribution in [-0.2, 0) is 4.79 Å². The van der Waals surface area contributed by atoms with Gasteiger partial charge < -0.3 is 19.5 Å². The summed E-state index contributed by atoms with van der Waals surface area (Å²) in [7, 11) is 0. The molecule has 0 unspecified atom stereocenters. The maximum atomic E-state index is 12.8. The predicted molar refractivity (Wildman–Crippen MR) is 105 cm³/mol. The maximum absolute atomic E-state index is 12.8. The lowest BCUT2D eigenvalue weighted by atomic mass is 10.1. The molecule has 0 aromatic heterocycles. The Morgan fingerprint density at radius 2 is 1.68 bits per heavy atom. The van der Waals surface area contributed by atoms with Crippen LogP contribution in [0.3, 0.4) is 0 Å². The lowest BCUT2D eigenvalue weighted by Crippen LogP contribution is -2.54. The molecule has 0 aliphatic carbocycles. The van der Waals surface area contributed by atoms with Gasteiger partial charge in [0.1, 0.15) is 6.61 Å². The highest BCUT2D eigenvalue weighted by Gasteiger charge is 2.32. The molecule has 0 bridgehead atoms. The molecular formula is C22H26N2O4. The second-order valence-corrected chi connectivity index (χ2v) is 7.25. The molecule has 2 aliphatic heterocycles. The van der Waals surface area contributed by atoms with Crippen LogP contribution in [-0.4, -0.2) is 66.2 Å². The standard InChI is InChI=1S/C22H26N2O4/c25-18(17-6-2-1-3-7-17)10-11-23-12-14-24(15-13-23)22(26)21-16-27-19-8-4-5-9-20(19)28-21/h1-9,18,21,25H,10-16H2/t18-,21+/m1/s1. The minimum absolute atomic E-state index is 0.0153. The van der Waals surface area contributed by atoms with Gasteiger partial charge >= 0.3 is 0 Å². The highest BCUT2D eigenvalue weighted by Crippen LogP contribution is 2.31. The van der Waals surface area contributed by atoms with Crippen molar-refractivity contribution >= 4 is 5.91 Å². The molecule has 0 saturated carbocycles. The van der Waals surface area contributed by atoms with Crippen LogP contribution in [0.2, 0.25) is 0 Å². The van der Waals surface area contributed by atoms with Gasteiger partial charge in [-0.2, -0.15) is 0 Å². The quantitative estimate of drug-likeness (QED) is 0.858. The number of para-hydroxylation sites is 2. The molecule has 0 radical (unpaired) electrons. The predicted octanol–water partition coefficient (Wildman–Crippen LogP) is 2.09. The first-order valence-electron chi connectivity index (χ1n) is 9.83. The van der Waals surface area contributed by atoms with Gasteiger partial charge in [0.15, 0.2) is 11.5 Å². The number of fused-ring (bicyclic) bond motifs is 1. The van der Waals surface area contributed by atoms with Crippen molar-refractivity contribution in [1.82, 2.24) is 9.80 Å². The zero-order valence-corrected chi connectivity index (χ0v) is 15.9. The molecule has 2 aliphatic rings. The smallest absolute Gasteiger partial charge is 0.267 e. The molecule has 148 valence electrons. The molecule has 1 saturated heterocycles. The van der Waals surface area contributed by atoms with Crippen molar-refractivity contribution in [2.45, 2.75) is 18.6 Å². The number of aliphatic hydroxyl groups is 1. The Morgan fingerprint density at radius 3 is 2.43 bits per heavy atom. The first kappa shape index (κ1) is 18.8. The molecule has 1 amide bonds. The van der Waals surface area contributed by atoms with E-state index in [0.717, 1.165) is 25.2 Å². The fraction of sp³-hybridized carbons (Fsp3) is 0.409. The maximum Gasteiger partial charge on any atom is 0.267 e. The number of aliphatic hydroxyl groups excluding tert-OH is 1. The molecule has 2 heterocycles. The van der Waals surface area contributed by atoms with Gasteiger partial charge in [-0.25, -0.2) is 0 Å². The number of ether oxygens (including phenoxy) is 2. The van der Waals surface area contributed by atoms with E-state index < -0.39 is 12.2 Å². The number of hydrogen-bond acceptors (Lipinski definition) is 5. The summed E-state index contributed by atoms with van der Waals surface area (Å²) in [5.74, 6) is 1.30. The van der Waals surface area contributed by atoms with E-state index in [-0.39, 0.29) is 12.5 Å². The van der Waals surface area contributed by atoms with Crippen molar-refractivity contribution in [3.63, 3.8) is 0 Å². The lowest BCUT2D eigenvalue weighted by molar-refractivity contribution is -0.143. The molecule has 6 heteroatoms. The van der Waals surface area contributed by atoms with Gasteiger partial charge in [0.2, 0.25) is 6.10 Å². The summed E-state index contributed by atoms with van der Waals surface area (Å²) in [6.45, 7) is 4.01. The van der Waals surface area contributed by atoms with Crippen LogP contribution >= 0.6 is 0 Å². The highest BCUT2D eigenvalue weighted by atomic mass is 16.6. The van der Waals surface area contributed by atoms with Crippen LogP contribution in [0.5, 0.6) is 11.5 Å². The van der Waals surface area contributed by atoms with Gasteiger partial charge in [-0.05, 0) is 24.1 Å². The van der Waals surface area contributed by atoms with Gasteiger partial charge in [-0.3, -0.25) is 9.69 Å². The molecule has 28 heavy (non-hydrogen) atoms. The van der Waals surface area contributed by atoms with E-state index in [0.29, 0.717) is 31.0 Å². The van der Waals surface area contributed by atoms with E-state index in [2.05, 4.69) is 4.90 Å². The number of carbonyl (C=O) groups is 1. The SMILES string of the molecule is O=C([C@@H]1COc2ccccc2O1)N1CCN(CC[C@@H](O)c2ccccc2)CC1. The van der Waals surface area contributed by atoms with Crippen molar-refractivity contribution in [3.05, 3.63) is 60.2 Å². The molecule has 4 rings (SSSR count). The number of hydrogen-bond donors (Lipinski definition) is 1. The van der Waals surface area contributed by atoms with E-state index in [1.807, 2.05) is 59.5 Å². The Kier molecular flexibility index (Phi) is 5.78. The molecule has 2 aromatic rings. The Balaban J connectivity index is 1.23. The third-order valence-electron chi connectivity index (χ3n) is 5.37. The minimum atomic E-state index is -0.582. The van der Waals surface area contributed by atoms with Gasteiger partial charge in [-0.15, -0.1) is 0 Å². The third kappa shape index (κ3) is 4.29. The summed E-state index contributed by atoms with van der Waals surface area (Å²) in [5.41, 5.74) is 0.950. The lowest BCUT2D eigenvalue weighted by Gasteiger charge is -2.37. The molecular weight excluding hydrogens is 356 g/mol. The van der Waals surface area contributed by atoms with E-state index >= 15 is 0 Å². The fourth-order valence-corrected chi connectivity index (χ4v) is 3.68. The van der Waals surface area contributed by atoms with Crippen molar-refractivity contribution in [3.8, 4) is 11.5 Å². The number of benzene rings is 2. The van der Waals surface area contributed by atoms with Crippen LogP contribution in [0.4, 0.5) is 0 Å². The monoisotopic (exact) mass is 382 g/mol. The number of piperazine rings is 1. The van der Waals surface area contributed by atoms with Crippen molar-refractivity contribution < 1.29 is 19.4 Å². The van der Waals surface area contributed by atoms with Crippen LogP contribution in [0.1, 0.15) is 18.1 Å². The zero-order valence-electron chi connectivity index (χ0n) is 15.9. The van der Waals surface area contributed by atoms with Gasteiger partial charge in [-0.1, -0.05) is 42.5 Å². The largest absolute Gasteiger partial charge is 0.485 e.